The average molecular weight is 394 g/mol. The Kier molecular flexibility index (Phi) is 9.91. The maximum Gasteiger partial charge on any atom is 0.253 e. The van der Waals surface area contributed by atoms with Crippen LogP contribution >= 0.6 is 0 Å². The lowest BCUT2D eigenvalue weighted by Crippen LogP contribution is -2.51. The Balaban J connectivity index is 2.29. The molecule has 5 amide bonds. The first-order valence-electron chi connectivity index (χ1n) is 9.63. The molecule has 0 radical (unpaired) electrons. The fraction of sp³-hybridized carbons (Fsp3) is 0.632. The number of carbonyl (C=O) groups is 5. The summed E-state index contributed by atoms with van der Waals surface area (Å²) in [6.45, 7) is 6.10. The molecule has 0 fully saturated rings. The van der Waals surface area contributed by atoms with Crippen LogP contribution in [0.3, 0.4) is 0 Å². The van der Waals surface area contributed by atoms with Crippen molar-refractivity contribution in [2.45, 2.75) is 52.5 Å². The van der Waals surface area contributed by atoms with E-state index in [0.29, 0.717) is 32.4 Å². The van der Waals surface area contributed by atoms with E-state index in [-0.39, 0.29) is 42.5 Å². The quantitative estimate of drug-likeness (QED) is 0.314. The molecule has 156 valence electrons. The van der Waals surface area contributed by atoms with Crippen LogP contribution in [-0.4, -0.2) is 60.1 Å². The van der Waals surface area contributed by atoms with Gasteiger partial charge in [0.25, 0.3) is 11.8 Å². The number of nitrogens with zero attached hydrogens (tertiary/aromatic N) is 1. The summed E-state index contributed by atoms with van der Waals surface area (Å²) < 4.78 is 0. The second-order valence-electron chi connectivity index (χ2n) is 6.93. The smallest absolute Gasteiger partial charge is 0.253 e. The summed E-state index contributed by atoms with van der Waals surface area (Å²) in [5.74, 6) is -1.66. The molecule has 1 atom stereocenters. The minimum Gasteiger partial charge on any atom is -0.355 e. The van der Waals surface area contributed by atoms with Gasteiger partial charge < -0.3 is 16.0 Å². The Morgan fingerprint density at radius 2 is 1.61 bits per heavy atom. The van der Waals surface area contributed by atoms with E-state index in [1.807, 2.05) is 13.8 Å². The molecule has 9 nitrogen and oxygen atoms in total. The van der Waals surface area contributed by atoms with Crippen LogP contribution in [0.25, 0.3) is 0 Å². The molecular formula is C19H30N4O5. The summed E-state index contributed by atoms with van der Waals surface area (Å²) in [6, 6.07) is -0.715. The molecule has 1 aliphatic heterocycles. The standard InChI is InChI=1S/C19H30N4O5/c1-4-20-15(25)12-21-19(28)18(13(2)3)22-14(24)8-6-5-7-11-23-16(26)9-10-17(23)27/h9-10,13,18H,4-8,11-12H2,1-3H3,(H,20,25)(H,21,28)(H,22,24). The van der Waals surface area contributed by atoms with Gasteiger partial charge in [0.2, 0.25) is 17.7 Å². The van der Waals surface area contributed by atoms with Crippen molar-refractivity contribution in [1.29, 1.82) is 0 Å². The molecule has 0 spiro atoms. The van der Waals surface area contributed by atoms with Gasteiger partial charge in [-0.05, 0) is 25.7 Å². The largest absolute Gasteiger partial charge is 0.355 e. The van der Waals surface area contributed by atoms with E-state index in [4.69, 9.17) is 0 Å². The average Bonchev–Trinajstić information content (AvgIpc) is 2.95. The van der Waals surface area contributed by atoms with Crippen LogP contribution in [0.2, 0.25) is 0 Å². The number of amides is 5. The first-order valence-corrected chi connectivity index (χ1v) is 9.63. The van der Waals surface area contributed by atoms with Crippen molar-refractivity contribution in [3.63, 3.8) is 0 Å². The van der Waals surface area contributed by atoms with Gasteiger partial charge in [0.05, 0.1) is 6.54 Å². The topological polar surface area (TPSA) is 125 Å². The number of rotatable bonds is 12. The van der Waals surface area contributed by atoms with Crippen molar-refractivity contribution in [3.05, 3.63) is 12.2 Å². The highest BCUT2D eigenvalue weighted by molar-refractivity contribution is 6.12. The van der Waals surface area contributed by atoms with E-state index >= 15 is 0 Å². The number of carbonyl (C=O) groups excluding carboxylic acids is 5. The fourth-order valence-electron chi connectivity index (χ4n) is 2.70. The van der Waals surface area contributed by atoms with Gasteiger partial charge >= 0.3 is 0 Å². The van der Waals surface area contributed by atoms with Gasteiger partial charge in [-0.2, -0.15) is 0 Å². The van der Waals surface area contributed by atoms with Crippen molar-refractivity contribution in [3.8, 4) is 0 Å². The Labute approximate surface area is 165 Å². The number of imide groups is 1. The summed E-state index contributed by atoms with van der Waals surface area (Å²) in [4.78, 5) is 59.8. The number of nitrogens with one attached hydrogen (secondary N) is 3. The molecule has 1 rings (SSSR count). The van der Waals surface area contributed by atoms with Gasteiger partial charge in [0.15, 0.2) is 0 Å². The maximum absolute atomic E-state index is 12.2. The van der Waals surface area contributed by atoms with Crippen LogP contribution in [0.15, 0.2) is 12.2 Å². The maximum atomic E-state index is 12.2. The van der Waals surface area contributed by atoms with Crippen LogP contribution in [0.4, 0.5) is 0 Å². The normalized spacial score (nSPS) is 14.4. The van der Waals surface area contributed by atoms with Crippen LogP contribution in [0, 0.1) is 5.92 Å². The Bertz CT molecular complexity index is 612. The zero-order chi connectivity index (χ0) is 21.1. The van der Waals surface area contributed by atoms with Crippen LogP contribution in [0.1, 0.15) is 46.5 Å². The van der Waals surface area contributed by atoms with E-state index in [2.05, 4.69) is 16.0 Å². The molecule has 0 saturated carbocycles. The second kappa shape index (κ2) is 11.9. The zero-order valence-electron chi connectivity index (χ0n) is 16.7. The van der Waals surface area contributed by atoms with Crippen LogP contribution in [-0.2, 0) is 24.0 Å². The number of hydrogen-bond acceptors (Lipinski definition) is 5. The molecule has 0 aromatic carbocycles. The minimum absolute atomic E-state index is 0.127. The zero-order valence-corrected chi connectivity index (χ0v) is 16.7. The number of likely N-dealkylation sites (N-methyl/N-ethyl adjacent to an activating group) is 1. The summed E-state index contributed by atoms with van der Waals surface area (Å²) in [6.07, 6.45) is 4.62. The molecule has 1 aliphatic rings. The molecule has 0 aromatic rings. The van der Waals surface area contributed by atoms with Gasteiger partial charge in [-0.1, -0.05) is 20.3 Å². The lowest BCUT2D eigenvalue weighted by atomic mass is 10.0. The lowest BCUT2D eigenvalue weighted by Gasteiger charge is -2.21. The molecule has 0 aliphatic carbocycles. The summed E-state index contributed by atoms with van der Waals surface area (Å²) >= 11 is 0. The Morgan fingerprint density at radius 3 is 2.18 bits per heavy atom. The number of hydrogen-bond donors (Lipinski definition) is 3. The predicted molar refractivity (Wildman–Crippen MR) is 103 cm³/mol. The summed E-state index contributed by atoms with van der Waals surface area (Å²) in [7, 11) is 0. The second-order valence-corrected chi connectivity index (χ2v) is 6.93. The van der Waals surface area contributed by atoms with Crippen molar-refractivity contribution in [1.82, 2.24) is 20.9 Å². The van der Waals surface area contributed by atoms with E-state index < -0.39 is 11.9 Å². The molecule has 1 heterocycles. The molecule has 28 heavy (non-hydrogen) atoms. The van der Waals surface area contributed by atoms with E-state index in [0.717, 1.165) is 0 Å². The van der Waals surface area contributed by atoms with Crippen LogP contribution < -0.4 is 16.0 Å². The third-order valence-electron chi connectivity index (χ3n) is 4.25. The van der Waals surface area contributed by atoms with E-state index in [1.165, 1.54) is 17.1 Å². The first kappa shape index (κ1) is 23.3. The van der Waals surface area contributed by atoms with E-state index in [1.54, 1.807) is 6.92 Å². The van der Waals surface area contributed by atoms with Gasteiger partial charge in [0, 0.05) is 31.7 Å². The fourth-order valence-corrected chi connectivity index (χ4v) is 2.70. The highest BCUT2D eigenvalue weighted by Crippen LogP contribution is 2.08. The highest BCUT2D eigenvalue weighted by atomic mass is 16.2. The molecule has 0 saturated heterocycles. The molecule has 9 heteroatoms. The molecule has 0 aromatic heterocycles. The Morgan fingerprint density at radius 1 is 0.964 bits per heavy atom. The van der Waals surface area contributed by atoms with Crippen molar-refractivity contribution >= 4 is 29.5 Å². The monoisotopic (exact) mass is 394 g/mol. The summed E-state index contributed by atoms with van der Waals surface area (Å²) in [5, 5.41) is 7.82. The highest BCUT2D eigenvalue weighted by Gasteiger charge is 2.24. The van der Waals surface area contributed by atoms with Gasteiger partial charge in [0.1, 0.15) is 6.04 Å². The minimum atomic E-state index is -0.715. The van der Waals surface area contributed by atoms with Crippen molar-refractivity contribution < 1.29 is 24.0 Å². The lowest BCUT2D eigenvalue weighted by molar-refractivity contribution is -0.137. The predicted octanol–water partition coefficient (Wildman–Crippen LogP) is -0.135. The van der Waals surface area contributed by atoms with Crippen molar-refractivity contribution in [2.24, 2.45) is 5.92 Å². The molecule has 0 bridgehead atoms. The number of unbranched alkanes of at least 4 members (excludes halogenated alkanes) is 2. The van der Waals surface area contributed by atoms with Gasteiger partial charge in [-0.3, -0.25) is 28.9 Å². The van der Waals surface area contributed by atoms with Crippen LogP contribution in [0.5, 0.6) is 0 Å². The first-order chi connectivity index (χ1) is 13.3. The SMILES string of the molecule is CCNC(=O)CNC(=O)C(NC(=O)CCCCCN1C(=O)C=CC1=O)C(C)C. The van der Waals surface area contributed by atoms with Crippen molar-refractivity contribution in [2.75, 3.05) is 19.6 Å². The third kappa shape index (κ3) is 7.89. The van der Waals surface area contributed by atoms with E-state index in [9.17, 15) is 24.0 Å². The molecule has 3 N–H and O–H groups in total. The molecular weight excluding hydrogens is 364 g/mol. The Hall–Kier alpha value is -2.71. The molecule has 1 unspecified atom stereocenters. The van der Waals surface area contributed by atoms with Gasteiger partial charge in [-0.25, -0.2) is 0 Å². The third-order valence-corrected chi connectivity index (χ3v) is 4.25. The van der Waals surface area contributed by atoms with Gasteiger partial charge in [-0.15, -0.1) is 0 Å². The summed E-state index contributed by atoms with van der Waals surface area (Å²) in [5.41, 5.74) is 0.